The monoisotopic (exact) mass is 426 g/mol. The van der Waals surface area contributed by atoms with E-state index in [1.54, 1.807) is 13.3 Å². The van der Waals surface area contributed by atoms with E-state index in [0.717, 1.165) is 16.7 Å². The summed E-state index contributed by atoms with van der Waals surface area (Å²) in [5, 5.41) is 4.18. The van der Waals surface area contributed by atoms with E-state index in [9.17, 15) is 4.79 Å². The molecule has 0 saturated carbocycles. The normalized spacial score (nSPS) is 10.8. The highest BCUT2D eigenvalue weighted by Gasteiger charge is 2.06. The predicted octanol–water partition coefficient (Wildman–Crippen LogP) is 4.47. The number of hydrogen-bond donors (Lipinski definition) is 2. The first kappa shape index (κ1) is 20.9. The van der Waals surface area contributed by atoms with Gasteiger partial charge in [-0.05, 0) is 29.3 Å². The Labute approximate surface area is 185 Å². The Bertz CT molecular complexity index is 1260. The molecule has 2 N–H and O–H groups in total. The molecule has 4 rings (SSSR count). The fourth-order valence-electron chi connectivity index (χ4n) is 3.05. The van der Waals surface area contributed by atoms with E-state index >= 15 is 0 Å². The molecule has 0 amide bonds. The van der Waals surface area contributed by atoms with Crippen LogP contribution in [0.2, 0.25) is 0 Å². The van der Waals surface area contributed by atoms with E-state index in [-0.39, 0.29) is 11.5 Å². The maximum atomic E-state index is 12.0. The van der Waals surface area contributed by atoms with Gasteiger partial charge in [0.2, 0.25) is 5.95 Å². The van der Waals surface area contributed by atoms with Crippen molar-refractivity contribution in [1.29, 1.82) is 0 Å². The number of methoxy groups -OCH3 is 1. The molecule has 0 bridgehead atoms. The first-order chi connectivity index (χ1) is 15.7. The second-order valence-electron chi connectivity index (χ2n) is 6.90. The van der Waals surface area contributed by atoms with E-state index in [1.165, 1.54) is 6.07 Å². The number of anilines is 1. The Morgan fingerprint density at radius 3 is 2.47 bits per heavy atom. The van der Waals surface area contributed by atoms with Gasteiger partial charge in [0.1, 0.15) is 6.61 Å². The van der Waals surface area contributed by atoms with Crippen molar-refractivity contribution in [2.75, 3.05) is 12.5 Å². The van der Waals surface area contributed by atoms with Crippen LogP contribution in [0, 0.1) is 0 Å². The Kier molecular flexibility index (Phi) is 6.57. The highest BCUT2D eigenvalue weighted by molar-refractivity contribution is 5.81. The molecule has 1 heterocycles. The number of benzene rings is 3. The molecular formula is C25H22N4O3. The van der Waals surface area contributed by atoms with Crippen LogP contribution in [0.1, 0.15) is 11.1 Å². The van der Waals surface area contributed by atoms with Gasteiger partial charge in [-0.25, -0.2) is 10.4 Å². The molecule has 3 aromatic carbocycles. The summed E-state index contributed by atoms with van der Waals surface area (Å²) in [6.07, 6.45) is 1.61. The number of hydrazone groups is 1. The molecule has 0 radical (unpaired) electrons. The van der Waals surface area contributed by atoms with E-state index < -0.39 is 0 Å². The minimum absolute atomic E-state index is 0.252. The average molecular weight is 426 g/mol. The first-order valence-electron chi connectivity index (χ1n) is 10.0. The van der Waals surface area contributed by atoms with Gasteiger partial charge in [0.25, 0.3) is 5.56 Å². The van der Waals surface area contributed by atoms with E-state index in [4.69, 9.17) is 9.47 Å². The van der Waals surface area contributed by atoms with Crippen molar-refractivity contribution in [1.82, 2.24) is 9.97 Å². The molecule has 0 unspecified atom stereocenters. The molecule has 7 heteroatoms. The molecule has 0 aliphatic heterocycles. The van der Waals surface area contributed by atoms with Crippen LogP contribution in [0.3, 0.4) is 0 Å². The Morgan fingerprint density at radius 2 is 1.72 bits per heavy atom. The number of nitrogens with one attached hydrogen (secondary N) is 2. The van der Waals surface area contributed by atoms with Crippen molar-refractivity contribution in [3.8, 4) is 22.8 Å². The molecule has 32 heavy (non-hydrogen) atoms. The van der Waals surface area contributed by atoms with Gasteiger partial charge in [0, 0.05) is 11.6 Å². The van der Waals surface area contributed by atoms with Crippen molar-refractivity contribution >= 4 is 12.2 Å². The number of nitrogens with zero attached hydrogens (tertiary/aromatic N) is 2. The summed E-state index contributed by atoms with van der Waals surface area (Å²) in [5.41, 5.74) is 5.79. The Balaban J connectivity index is 1.44. The van der Waals surface area contributed by atoms with Gasteiger partial charge < -0.3 is 9.47 Å². The van der Waals surface area contributed by atoms with E-state index in [1.807, 2.05) is 78.9 Å². The summed E-state index contributed by atoms with van der Waals surface area (Å²) in [5.74, 6) is 1.49. The SMILES string of the molecule is COc1cc(/C=N\Nc2nc(-c3ccccc3)cc(=O)[nH]2)ccc1OCc1ccccc1. The maximum absolute atomic E-state index is 12.0. The summed E-state index contributed by atoms with van der Waals surface area (Å²) >= 11 is 0. The molecule has 0 atom stereocenters. The summed E-state index contributed by atoms with van der Waals surface area (Å²) in [4.78, 5) is 19.0. The van der Waals surface area contributed by atoms with Crippen LogP contribution in [0.5, 0.6) is 11.5 Å². The zero-order valence-corrected chi connectivity index (χ0v) is 17.5. The number of aromatic nitrogens is 2. The molecule has 1 aromatic heterocycles. The number of ether oxygens (including phenoxy) is 2. The molecule has 0 saturated heterocycles. The van der Waals surface area contributed by atoms with Crippen LogP contribution in [-0.2, 0) is 6.61 Å². The number of aromatic amines is 1. The van der Waals surface area contributed by atoms with Crippen molar-refractivity contribution in [3.63, 3.8) is 0 Å². The van der Waals surface area contributed by atoms with Crippen molar-refractivity contribution in [3.05, 3.63) is 106 Å². The fourth-order valence-corrected chi connectivity index (χ4v) is 3.05. The average Bonchev–Trinajstić information content (AvgIpc) is 2.84. The molecule has 4 aromatic rings. The molecule has 0 spiro atoms. The first-order valence-corrected chi connectivity index (χ1v) is 10.0. The lowest BCUT2D eigenvalue weighted by molar-refractivity contribution is 0.284. The van der Waals surface area contributed by atoms with Crippen LogP contribution in [0.4, 0.5) is 5.95 Å². The van der Waals surface area contributed by atoms with Crippen molar-refractivity contribution in [2.45, 2.75) is 6.61 Å². The fraction of sp³-hybridized carbons (Fsp3) is 0.0800. The van der Waals surface area contributed by atoms with Gasteiger partial charge >= 0.3 is 0 Å². The molecule has 0 aliphatic carbocycles. The van der Waals surface area contributed by atoms with Crippen molar-refractivity contribution in [2.24, 2.45) is 5.10 Å². The second kappa shape index (κ2) is 10.1. The van der Waals surface area contributed by atoms with Crippen LogP contribution in [-0.4, -0.2) is 23.3 Å². The lowest BCUT2D eigenvalue weighted by Crippen LogP contribution is -2.10. The Morgan fingerprint density at radius 1 is 0.969 bits per heavy atom. The predicted molar refractivity (Wildman–Crippen MR) is 125 cm³/mol. The zero-order valence-electron chi connectivity index (χ0n) is 17.5. The van der Waals surface area contributed by atoms with Gasteiger partial charge in [-0.2, -0.15) is 5.10 Å². The largest absolute Gasteiger partial charge is 0.493 e. The van der Waals surface area contributed by atoms with Crippen LogP contribution in [0.25, 0.3) is 11.3 Å². The van der Waals surface area contributed by atoms with Crippen LogP contribution >= 0.6 is 0 Å². The number of H-pyrrole nitrogens is 1. The highest BCUT2D eigenvalue weighted by atomic mass is 16.5. The molecule has 160 valence electrons. The lowest BCUT2D eigenvalue weighted by Gasteiger charge is -2.11. The Hall–Kier alpha value is -4.39. The van der Waals surface area contributed by atoms with Crippen molar-refractivity contribution < 1.29 is 9.47 Å². The molecule has 7 nitrogen and oxygen atoms in total. The minimum Gasteiger partial charge on any atom is -0.493 e. The van der Waals surface area contributed by atoms with Gasteiger partial charge in [-0.15, -0.1) is 0 Å². The third-order valence-corrected chi connectivity index (χ3v) is 4.62. The molecular weight excluding hydrogens is 404 g/mol. The molecule has 0 aliphatic rings. The lowest BCUT2D eigenvalue weighted by atomic mass is 10.1. The van der Waals surface area contributed by atoms with Gasteiger partial charge in [0.05, 0.1) is 19.0 Å². The number of hydrogen-bond acceptors (Lipinski definition) is 6. The van der Waals surface area contributed by atoms with Crippen LogP contribution in [0.15, 0.2) is 94.8 Å². The second-order valence-corrected chi connectivity index (χ2v) is 6.90. The summed E-state index contributed by atoms with van der Waals surface area (Å²) in [6.45, 7) is 0.447. The van der Waals surface area contributed by atoms with Gasteiger partial charge in [-0.1, -0.05) is 60.7 Å². The number of rotatable bonds is 8. The summed E-state index contributed by atoms with van der Waals surface area (Å²) < 4.78 is 11.3. The van der Waals surface area contributed by atoms with Crippen LogP contribution < -0.4 is 20.5 Å². The third-order valence-electron chi connectivity index (χ3n) is 4.62. The maximum Gasteiger partial charge on any atom is 0.252 e. The van der Waals surface area contributed by atoms with Gasteiger partial charge in [0.15, 0.2) is 11.5 Å². The quantitative estimate of drug-likeness (QED) is 0.321. The standard InChI is InChI=1S/C25H22N4O3/c1-31-23-14-19(12-13-22(23)32-17-18-8-4-2-5-9-18)16-26-29-25-27-21(15-24(30)28-25)20-10-6-3-7-11-20/h2-16H,17H2,1H3,(H2,27,28,29,30)/b26-16-. The zero-order chi connectivity index (χ0) is 22.2. The third kappa shape index (κ3) is 5.40. The van der Waals surface area contributed by atoms with E-state index in [2.05, 4.69) is 20.5 Å². The topological polar surface area (TPSA) is 88.6 Å². The van der Waals surface area contributed by atoms with Gasteiger partial charge in [-0.3, -0.25) is 9.78 Å². The minimum atomic E-state index is -0.266. The summed E-state index contributed by atoms with van der Waals surface area (Å²) in [7, 11) is 1.59. The molecule has 0 fully saturated rings. The summed E-state index contributed by atoms with van der Waals surface area (Å²) in [6, 6.07) is 26.4. The highest BCUT2D eigenvalue weighted by Crippen LogP contribution is 2.28. The smallest absolute Gasteiger partial charge is 0.252 e. The van der Waals surface area contributed by atoms with E-state index in [0.29, 0.717) is 23.8 Å².